The van der Waals surface area contributed by atoms with Crippen LogP contribution in [0.3, 0.4) is 0 Å². The largest absolute Gasteiger partial charge is 0.497 e. The van der Waals surface area contributed by atoms with Crippen LogP contribution in [0, 0.1) is 13.8 Å². The average Bonchev–Trinajstić information content (AvgIpc) is 2.73. The normalized spacial score (nSPS) is 15.7. The molecule has 2 aromatic carbocycles. The quantitative estimate of drug-likeness (QED) is 0.723. The molecule has 1 atom stereocenters. The van der Waals surface area contributed by atoms with Gasteiger partial charge in [-0.05, 0) is 61.0 Å². The van der Waals surface area contributed by atoms with Gasteiger partial charge in [-0.25, -0.2) is 0 Å². The minimum atomic E-state index is 0.216. The molecule has 6 heteroatoms. The van der Waals surface area contributed by atoms with E-state index in [2.05, 4.69) is 53.6 Å². The number of nitrogens with zero attached hydrogens (tertiary/aromatic N) is 1. The molecule has 2 aromatic rings. The number of ether oxygens (including phenoxy) is 2. The van der Waals surface area contributed by atoms with E-state index >= 15 is 0 Å². The zero-order valence-electron chi connectivity index (χ0n) is 16.8. The molecule has 1 unspecified atom stereocenters. The topological polar surface area (TPSA) is 45.8 Å². The molecule has 1 saturated heterocycles. The van der Waals surface area contributed by atoms with Crippen molar-refractivity contribution >= 4 is 23.0 Å². The van der Waals surface area contributed by atoms with Crippen LogP contribution < -0.4 is 15.4 Å². The van der Waals surface area contributed by atoms with E-state index in [0.717, 1.165) is 44.3 Å². The Morgan fingerprint density at radius 1 is 1.14 bits per heavy atom. The van der Waals surface area contributed by atoms with Crippen LogP contribution in [0.1, 0.15) is 22.7 Å². The van der Waals surface area contributed by atoms with Gasteiger partial charge >= 0.3 is 0 Å². The Morgan fingerprint density at radius 3 is 2.54 bits per heavy atom. The van der Waals surface area contributed by atoms with Crippen LogP contribution >= 0.6 is 12.2 Å². The highest BCUT2D eigenvalue weighted by Crippen LogP contribution is 2.24. The molecule has 0 aliphatic carbocycles. The maximum absolute atomic E-state index is 5.56. The number of methoxy groups -OCH3 is 1. The fourth-order valence-corrected chi connectivity index (χ4v) is 3.61. The number of hydrogen-bond acceptors (Lipinski definition) is 4. The van der Waals surface area contributed by atoms with Crippen molar-refractivity contribution in [2.75, 3.05) is 45.3 Å². The van der Waals surface area contributed by atoms with E-state index in [1.54, 1.807) is 7.11 Å². The number of hydrogen-bond donors (Lipinski definition) is 2. The summed E-state index contributed by atoms with van der Waals surface area (Å²) < 4.78 is 10.8. The third-order valence-corrected chi connectivity index (χ3v) is 5.54. The second-order valence-electron chi connectivity index (χ2n) is 7.02. The summed E-state index contributed by atoms with van der Waals surface area (Å²) >= 11 is 5.56. The molecule has 1 aliphatic heterocycles. The van der Waals surface area contributed by atoms with E-state index in [0.29, 0.717) is 5.11 Å². The van der Waals surface area contributed by atoms with Gasteiger partial charge in [-0.2, -0.15) is 0 Å². The maximum atomic E-state index is 5.56. The lowest BCUT2D eigenvalue weighted by Crippen LogP contribution is -2.44. The number of thiocarbonyl (C=S) groups is 1. The molecule has 0 spiro atoms. The second-order valence-corrected chi connectivity index (χ2v) is 7.43. The molecule has 0 aromatic heterocycles. The first-order chi connectivity index (χ1) is 13.6. The molecule has 3 rings (SSSR count). The summed E-state index contributed by atoms with van der Waals surface area (Å²) in [6.07, 6.45) is 0. The summed E-state index contributed by atoms with van der Waals surface area (Å²) in [6, 6.07) is 14.7. The van der Waals surface area contributed by atoms with Crippen LogP contribution in [0.5, 0.6) is 5.75 Å². The number of aryl methyl sites for hydroxylation is 1. The number of rotatable bonds is 6. The van der Waals surface area contributed by atoms with Gasteiger partial charge in [0.15, 0.2) is 5.11 Å². The predicted octanol–water partition coefficient (Wildman–Crippen LogP) is 3.67. The van der Waals surface area contributed by atoms with Gasteiger partial charge in [0.2, 0.25) is 0 Å². The second kappa shape index (κ2) is 9.87. The third-order valence-electron chi connectivity index (χ3n) is 5.30. The average molecular weight is 400 g/mol. The van der Waals surface area contributed by atoms with Gasteiger partial charge in [0, 0.05) is 25.3 Å². The molecule has 5 nitrogen and oxygen atoms in total. The van der Waals surface area contributed by atoms with Crippen LogP contribution in [0.4, 0.5) is 5.69 Å². The molecular weight excluding hydrogens is 370 g/mol. The van der Waals surface area contributed by atoms with Crippen molar-refractivity contribution in [2.24, 2.45) is 0 Å². The van der Waals surface area contributed by atoms with E-state index in [-0.39, 0.29) is 6.04 Å². The van der Waals surface area contributed by atoms with Gasteiger partial charge in [-0.15, -0.1) is 0 Å². The predicted molar refractivity (Wildman–Crippen MR) is 118 cm³/mol. The van der Waals surface area contributed by atoms with Crippen molar-refractivity contribution in [2.45, 2.75) is 19.9 Å². The number of benzene rings is 2. The summed E-state index contributed by atoms with van der Waals surface area (Å²) in [5.41, 5.74) is 4.75. The third kappa shape index (κ3) is 5.22. The Morgan fingerprint density at radius 2 is 1.86 bits per heavy atom. The minimum Gasteiger partial charge on any atom is -0.497 e. The molecule has 28 heavy (non-hydrogen) atoms. The van der Waals surface area contributed by atoms with Gasteiger partial charge < -0.3 is 20.1 Å². The van der Waals surface area contributed by atoms with Crippen LogP contribution in [-0.4, -0.2) is 50.0 Å². The molecular formula is C22H29N3O2S. The monoisotopic (exact) mass is 399 g/mol. The van der Waals surface area contributed by atoms with E-state index in [1.807, 2.05) is 18.2 Å². The van der Waals surface area contributed by atoms with Crippen LogP contribution in [0.25, 0.3) is 0 Å². The van der Waals surface area contributed by atoms with Crippen molar-refractivity contribution in [3.05, 3.63) is 59.2 Å². The van der Waals surface area contributed by atoms with Crippen molar-refractivity contribution in [3.8, 4) is 5.75 Å². The van der Waals surface area contributed by atoms with Crippen LogP contribution in [-0.2, 0) is 4.74 Å². The Hall–Kier alpha value is -2.15. The molecule has 2 N–H and O–H groups in total. The summed E-state index contributed by atoms with van der Waals surface area (Å²) in [5, 5.41) is 7.38. The zero-order chi connectivity index (χ0) is 19.9. The lowest BCUT2D eigenvalue weighted by atomic mass is 10.0. The number of nitrogens with one attached hydrogen (secondary N) is 2. The highest BCUT2D eigenvalue weighted by Gasteiger charge is 2.23. The Balaban J connectivity index is 1.68. The SMILES string of the molecule is COc1ccc(C(CNC(=S)Nc2cccc(C)c2C)N2CCOCC2)cc1. The molecule has 1 aliphatic rings. The van der Waals surface area contributed by atoms with Gasteiger partial charge in [0.1, 0.15) is 5.75 Å². The van der Waals surface area contributed by atoms with E-state index in [9.17, 15) is 0 Å². The van der Waals surface area contributed by atoms with Gasteiger partial charge in [0.25, 0.3) is 0 Å². The molecule has 0 radical (unpaired) electrons. The minimum absolute atomic E-state index is 0.216. The molecule has 1 fully saturated rings. The number of morpholine rings is 1. The first-order valence-electron chi connectivity index (χ1n) is 9.65. The highest BCUT2D eigenvalue weighted by molar-refractivity contribution is 7.80. The summed E-state index contributed by atoms with van der Waals surface area (Å²) in [7, 11) is 1.69. The fourth-order valence-electron chi connectivity index (χ4n) is 3.42. The van der Waals surface area contributed by atoms with E-state index in [1.165, 1.54) is 16.7 Å². The lowest BCUT2D eigenvalue weighted by Gasteiger charge is -2.35. The van der Waals surface area contributed by atoms with Gasteiger partial charge in [0.05, 0.1) is 26.4 Å². The molecule has 1 heterocycles. The van der Waals surface area contributed by atoms with E-state index in [4.69, 9.17) is 21.7 Å². The Bertz CT molecular complexity index is 789. The Kier molecular flexibility index (Phi) is 7.25. The Labute approximate surface area is 173 Å². The summed E-state index contributed by atoms with van der Waals surface area (Å²) in [4.78, 5) is 2.44. The standard InChI is InChI=1S/C22H29N3O2S/c1-16-5-4-6-20(17(16)2)24-22(28)23-15-21(25-11-13-27-14-12-25)18-7-9-19(26-3)10-8-18/h4-10,21H,11-15H2,1-3H3,(H2,23,24,28). The van der Waals surface area contributed by atoms with E-state index < -0.39 is 0 Å². The molecule has 0 bridgehead atoms. The fraction of sp³-hybridized carbons (Fsp3) is 0.409. The first kappa shape index (κ1) is 20.6. The van der Waals surface area contributed by atoms with Gasteiger partial charge in [-0.3, -0.25) is 4.90 Å². The van der Waals surface area contributed by atoms with Crippen molar-refractivity contribution in [1.29, 1.82) is 0 Å². The lowest BCUT2D eigenvalue weighted by molar-refractivity contribution is 0.0170. The summed E-state index contributed by atoms with van der Waals surface area (Å²) in [6.45, 7) is 8.28. The van der Waals surface area contributed by atoms with Crippen molar-refractivity contribution in [1.82, 2.24) is 10.2 Å². The van der Waals surface area contributed by atoms with Crippen LogP contribution in [0.2, 0.25) is 0 Å². The first-order valence-corrected chi connectivity index (χ1v) is 10.1. The van der Waals surface area contributed by atoms with Crippen molar-refractivity contribution < 1.29 is 9.47 Å². The van der Waals surface area contributed by atoms with Crippen LogP contribution in [0.15, 0.2) is 42.5 Å². The summed E-state index contributed by atoms with van der Waals surface area (Å²) in [5.74, 6) is 0.865. The molecule has 150 valence electrons. The zero-order valence-corrected chi connectivity index (χ0v) is 17.6. The molecule has 0 saturated carbocycles. The number of anilines is 1. The van der Waals surface area contributed by atoms with Crippen molar-refractivity contribution in [3.63, 3.8) is 0 Å². The highest BCUT2D eigenvalue weighted by atomic mass is 32.1. The van der Waals surface area contributed by atoms with Gasteiger partial charge in [-0.1, -0.05) is 24.3 Å². The molecule has 0 amide bonds. The smallest absolute Gasteiger partial charge is 0.170 e. The maximum Gasteiger partial charge on any atom is 0.170 e.